The Kier molecular flexibility index (Phi) is 4.08. The molecule has 0 aliphatic rings. The maximum Gasteiger partial charge on any atom is 0.340 e. The summed E-state index contributed by atoms with van der Waals surface area (Å²) in [5.41, 5.74) is 3.77. The van der Waals surface area contributed by atoms with Gasteiger partial charge in [0, 0.05) is 37.8 Å². The molecule has 0 radical (unpaired) electrons. The Balaban J connectivity index is 2.39. The molecule has 0 bridgehead atoms. The molecule has 2 N–H and O–H groups in total. The van der Waals surface area contributed by atoms with Crippen molar-refractivity contribution in [1.29, 1.82) is 0 Å². The molecule has 0 spiro atoms. The van der Waals surface area contributed by atoms with Gasteiger partial charge in [0.2, 0.25) is 0 Å². The van der Waals surface area contributed by atoms with Crippen LogP contribution in [0.2, 0.25) is 0 Å². The van der Waals surface area contributed by atoms with Crippen LogP contribution in [0.3, 0.4) is 0 Å². The zero-order valence-corrected chi connectivity index (χ0v) is 13.9. The van der Waals surface area contributed by atoms with E-state index in [0.717, 1.165) is 22.2 Å². The summed E-state index contributed by atoms with van der Waals surface area (Å²) in [6, 6.07) is 15.2. The number of benzene rings is 2. The van der Waals surface area contributed by atoms with Gasteiger partial charge in [-0.3, -0.25) is 0 Å². The van der Waals surface area contributed by atoms with Crippen molar-refractivity contribution in [2.24, 2.45) is 0 Å². The number of hydrogen-bond donors (Lipinski definition) is 2. The molecule has 0 atom stereocenters. The van der Waals surface area contributed by atoms with E-state index in [1.807, 2.05) is 67.5 Å². The van der Waals surface area contributed by atoms with Crippen LogP contribution in [0.25, 0.3) is 22.2 Å². The first kappa shape index (κ1) is 15.8. The molecule has 1 heterocycles. The van der Waals surface area contributed by atoms with Gasteiger partial charge in [0.05, 0.1) is 16.9 Å². The fourth-order valence-corrected chi connectivity index (χ4v) is 2.80. The minimum atomic E-state index is -0.997. The molecule has 3 aromatic rings. The van der Waals surface area contributed by atoms with Gasteiger partial charge < -0.3 is 15.3 Å². The zero-order valence-electron chi connectivity index (χ0n) is 13.9. The van der Waals surface area contributed by atoms with E-state index in [2.05, 4.69) is 10.3 Å². The van der Waals surface area contributed by atoms with Gasteiger partial charge in [-0.15, -0.1) is 0 Å². The number of carboxylic acid groups (broad SMARTS) is 1. The van der Waals surface area contributed by atoms with E-state index in [9.17, 15) is 9.90 Å². The molecule has 0 fully saturated rings. The number of anilines is 2. The molecule has 3 rings (SSSR count). The van der Waals surface area contributed by atoms with Crippen molar-refractivity contribution in [3.63, 3.8) is 0 Å². The van der Waals surface area contributed by atoms with Gasteiger partial charge in [0.15, 0.2) is 0 Å². The van der Waals surface area contributed by atoms with E-state index in [1.54, 1.807) is 7.05 Å². The maximum atomic E-state index is 11.9. The van der Waals surface area contributed by atoms with Gasteiger partial charge in [-0.25, -0.2) is 9.78 Å². The summed E-state index contributed by atoms with van der Waals surface area (Å²) in [4.78, 5) is 18.6. The molecule has 0 aliphatic carbocycles. The average Bonchev–Trinajstić information content (AvgIpc) is 2.60. The highest BCUT2D eigenvalue weighted by Gasteiger charge is 2.21. The fourth-order valence-electron chi connectivity index (χ4n) is 2.80. The van der Waals surface area contributed by atoms with E-state index in [1.165, 1.54) is 0 Å². The first-order valence-electron chi connectivity index (χ1n) is 7.64. The molecule has 0 unspecified atom stereocenters. The smallest absolute Gasteiger partial charge is 0.340 e. The first-order valence-corrected chi connectivity index (χ1v) is 7.64. The molecule has 5 nitrogen and oxygen atoms in total. The van der Waals surface area contributed by atoms with Crippen LogP contribution < -0.4 is 10.2 Å². The quantitative estimate of drug-likeness (QED) is 0.767. The highest BCUT2D eigenvalue weighted by molar-refractivity contribution is 6.09. The number of hydrogen-bond acceptors (Lipinski definition) is 4. The van der Waals surface area contributed by atoms with Crippen LogP contribution in [0.4, 0.5) is 11.4 Å². The van der Waals surface area contributed by atoms with Crippen LogP contribution in [0.15, 0.2) is 48.5 Å². The third-order valence-corrected chi connectivity index (χ3v) is 4.00. The van der Waals surface area contributed by atoms with Gasteiger partial charge in [-0.05, 0) is 18.2 Å². The molecular formula is C19H19N3O2. The second kappa shape index (κ2) is 6.20. The molecular weight excluding hydrogens is 302 g/mol. The Labute approximate surface area is 140 Å². The third-order valence-electron chi connectivity index (χ3n) is 4.00. The summed E-state index contributed by atoms with van der Waals surface area (Å²) >= 11 is 0. The van der Waals surface area contributed by atoms with Crippen LogP contribution in [0.1, 0.15) is 10.4 Å². The van der Waals surface area contributed by atoms with Crippen molar-refractivity contribution < 1.29 is 9.90 Å². The van der Waals surface area contributed by atoms with Crippen molar-refractivity contribution in [2.75, 3.05) is 31.4 Å². The Morgan fingerprint density at radius 2 is 1.83 bits per heavy atom. The molecule has 0 saturated carbocycles. The topological polar surface area (TPSA) is 65.5 Å². The summed E-state index contributed by atoms with van der Waals surface area (Å²) in [7, 11) is 5.63. The highest BCUT2D eigenvalue weighted by Crippen LogP contribution is 2.35. The summed E-state index contributed by atoms with van der Waals surface area (Å²) < 4.78 is 0. The largest absolute Gasteiger partial charge is 0.478 e. The second-order valence-electron chi connectivity index (χ2n) is 5.73. The first-order chi connectivity index (χ1) is 11.5. The summed E-state index contributed by atoms with van der Waals surface area (Å²) in [6.07, 6.45) is 0. The SMILES string of the molecule is CNc1c(C(=O)O)c(-c2ccccc2)nc2ccc(N(C)C)cc12. The fraction of sp³-hybridized carbons (Fsp3) is 0.158. The predicted molar refractivity (Wildman–Crippen MR) is 98.0 cm³/mol. The number of aromatic nitrogens is 1. The Bertz CT molecular complexity index is 905. The third kappa shape index (κ3) is 2.65. The lowest BCUT2D eigenvalue weighted by Crippen LogP contribution is -2.10. The van der Waals surface area contributed by atoms with Gasteiger partial charge in [-0.2, -0.15) is 0 Å². The number of carboxylic acids is 1. The lowest BCUT2D eigenvalue weighted by atomic mass is 10.00. The van der Waals surface area contributed by atoms with E-state index >= 15 is 0 Å². The van der Waals surface area contributed by atoms with Crippen molar-refractivity contribution >= 4 is 28.2 Å². The second-order valence-corrected chi connectivity index (χ2v) is 5.73. The number of fused-ring (bicyclic) bond motifs is 1. The number of pyridine rings is 1. The Morgan fingerprint density at radius 1 is 1.12 bits per heavy atom. The van der Waals surface area contributed by atoms with E-state index < -0.39 is 5.97 Å². The summed E-state index contributed by atoms with van der Waals surface area (Å²) in [6.45, 7) is 0. The van der Waals surface area contributed by atoms with Crippen LogP contribution in [-0.4, -0.2) is 37.2 Å². The van der Waals surface area contributed by atoms with Gasteiger partial charge in [-0.1, -0.05) is 30.3 Å². The van der Waals surface area contributed by atoms with Crippen molar-refractivity contribution in [2.45, 2.75) is 0 Å². The molecule has 0 aliphatic heterocycles. The molecule has 1 aromatic heterocycles. The van der Waals surface area contributed by atoms with Crippen molar-refractivity contribution in [3.05, 3.63) is 54.1 Å². The lowest BCUT2D eigenvalue weighted by Gasteiger charge is -2.17. The highest BCUT2D eigenvalue weighted by atomic mass is 16.4. The van der Waals surface area contributed by atoms with Gasteiger partial charge in [0.25, 0.3) is 0 Å². The lowest BCUT2D eigenvalue weighted by molar-refractivity contribution is 0.0698. The molecule has 0 amide bonds. The number of rotatable bonds is 4. The molecule has 2 aromatic carbocycles. The van der Waals surface area contributed by atoms with E-state index in [4.69, 9.17) is 0 Å². The number of nitrogens with one attached hydrogen (secondary N) is 1. The van der Waals surface area contributed by atoms with E-state index in [-0.39, 0.29) is 5.56 Å². The van der Waals surface area contributed by atoms with Crippen LogP contribution >= 0.6 is 0 Å². The molecule has 24 heavy (non-hydrogen) atoms. The van der Waals surface area contributed by atoms with Gasteiger partial charge >= 0.3 is 5.97 Å². The van der Waals surface area contributed by atoms with Crippen LogP contribution in [-0.2, 0) is 0 Å². The monoisotopic (exact) mass is 321 g/mol. The normalized spacial score (nSPS) is 10.6. The predicted octanol–water partition coefficient (Wildman–Crippen LogP) is 3.71. The molecule has 0 saturated heterocycles. The number of carbonyl (C=O) groups is 1. The minimum absolute atomic E-state index is 0.187. The van der Waals surface area contributed by atoms with Gasteiger partial charge in [0.1, 0.15) is 5.56 Å². The minimum Gasteiger partial charge on any atom is -0.478 e. The number of nitrogens with zero attached hydrogens (tertiary/aromatic N) is 2. The standard InChI is InChI=1S/C19H19N3O2/c1-20-18-14-11-13(22(2)3)9-10-15(14)21-17(16(18)19(23)24)12-7-5-4-6-8-12/h4-11H,1-3H3,(H,20,21)(H,23,24). The summed E-state index contributed by atoms with van der Waals surface area (Å²) in [5.74, 6) is -0.997. The molecule has 122 valence electrons. The zero-order chi connectivity index (χ0) is 17.3. The maximum absolute atomic E-state index is 11.9. The van der Waals surface area contributed by atoms with Crippen molar-refractivity contribution in [3.8, 4) is 11.3 Å². The van der Waals surface area contributed by atoms with Crippen LogP contribution in [0.5, 0.6) is 0 Å². The molecule has 5 heteroatoms. The van der Waals surface area contributed by atoms with E-state index in [0.29, 0.717) is 11.4 Å². The van der Waals surface area contributed by atoms with Crippen molar-refractivity contribution in [1.82, 2.24) is 4.98 Å². The number of aromatic carboxylic acids is 1. The van der Waals surface area contributed by atoms with Crippen LogP contribution in [0, 0.1) is 0 Å². The average molecular weight is 321 g/mol. The summed E-state index contributed by atoms with van der Waals surface area (Å²) in [5, 5.41) is 13.6. The Hall–Kier alpha value is -3.08. The Morgan fingerprint density at radius 3 is 2.42 bits per heavy atom.